The molecule has 2 amide bonds. The maximum atomic E-state index is 12.3. The number of aryl methyl sites for hydroxylation is 1. The summed E-state index contributed by atoms with van der Waals surface area (Å²) in [5.74, 6) is 0.195. The number of benzene rings is 2. The van der Waals surface area contributed by atoms with E-state index in [1.54, 1.807) is 24.1 Å². The average Bonchev–Trinajstić information content (AvgIpc) is 2.46. The van der Waals surface area contributed by atoms with E-state index in [0.717, 1.165) is 16.8 Å². The number of phenols is 1. The highest BCUT2D eigenvalue weighted by molar-refractivity contribution is 5.89. The summed E-state index contributed by atoms with van der Waals surface area (Å²) in [5, 5.41) is 12.7. The van der Waals surface area contributed by atoms with Crippen LogP contribution in [0.2, 0.25) is 0 Å². The first-order valence-corrected chi connectivity index (χ1v) is 6.87. The van der Waals surface area contributed by atoms with E-state index < -0.39 is 0 Å². The standard InChI is InChI=1S/C17H20N2O2/c1-12-7-6-8-14(11-12)18-17(21)19(3)13(2)15-9-4-5-10-16(15)20/h4-11,13,20H,1-3H3,(H,18,21). The molecule has 0 fully saturated rings. The zero-order valence-corrected chi connectivity index (χ0v) is 12.5. The Labute approximate surface area is 125 Å². The molecule has 2 aromatic carbocycles. The van der Waals surface area contributed by atoms with E-state index in [0.29, 0.717) is 0 Å². The first kappa shape index (κ1) is 14.9. The van der Waals surface area contributed by atoms with E-state index in [2.05, 4.69) is 5.32 Å². The molecule has 0 saturated heterocycles. The third kappa shape index (κ3) is 3.54. The molecule has 110 valence electrons. The molecule has 0 spiro atoms. The minimum atomic E-state index is -0.226. The highest BCUT2D eigenvalue weighted by Crippen LogP contribution is 2.27. The van der Waals surface area contributed by atoms with Crippen molar-refractivity contribution in [3.63, 3.8) is 0 Å². The number of rotatable bonds is 3. The highest BCUT2D eigenvalue weighted by atomic mass is 16.3. The quantitative estimate of drug-likeness (QED) is 0.897. The van der Waals surface area contributed by atoms with Crippen LogP contribution < -0.4 is 5.32 Å². The van der Waals surface area contributed by atoms with Crippen molar-refractivity contribution in [2.45, 2.75) is 19.9 Å². The van der Waals surface area contributed by atoms with Crippen molar-refractivity contribution in [2.24, 2.45) is 0 Å². The second kappa shape index (κ2) is 6.31. The predicted molar refractivity (Wildman–Crippen MR) is 84.5 cm³/mol. The maximum Gasteiger partial charge on any atom is 0.322 e. The second-order valence-corrected chi connectivity index (χ2v) is 5.15. The molecular formula is C17H20N2O2. The fourth-order valence-electron chi connectivity index (χ4n) is 2.16. The minimum Gasteiger partial charge on any atom is -0.508 e. The predicted octanol–water partition coefficient (Wildman–Crippen LogP) is 3.93. The van der Waals surface area contributed by atoms with Crippen LogP contribution in [0.3, 0.4) is 0 Å². The van der Waals surface area contributed by atoms with E-state index in [9.17, 15) is 9.90 Å². The van der Waals surface area contributed by atoms with E-state index in [-0.39, 0.29) is 17.8 Å². The number of urea groups is 1. The van der Waals surface area contributed by atoms with Crippen molar-refractivity contribution in [1.29, 1.82) is 0 Å². The van der Waals surface area contributed by atoms with Gasteiger partial charge >= 0.3 is 6.03 Å². The number of nitrogens with zero attached hydrogens (tertiary/aromatic N) is 1. The van der Waals surface area contributed by atoms with Gasteiger partial charge < -0.3 is 15.3 Å². The van der Waals surface area contributed by atoms with E-state index >= 15 is 0 Å². The van der Waals surface area contributed by atoms with Crippen LogP contribution in [0.1, 0.15) is 24.1 Å². The molecule has 1 atom stereocenters. The number of amides is 2. The van der Waals surface area contributed by atoms with Gasteiger partial charge in [-0.25, -0.2) is 4.79 Å². The van der Waals surface area contributed by atoms with Gasteiger partial charge in [0.15, 0.2) is 0 Å². The summed E-state index contributed by atoms with van der Waals surface area (Å²) in [5.41, 5.74) is 2.57. The fourth-order valence-corrected chi connectivity index (χ4v) is 2.16. The van der Waals surface area contributed by atoms with Crippen LogP contribution in [-0.4, -0.2) is 23.1 Å². The van der Waals surface area contributed by atoms with Crippen molar-refractivity contribution in [3.05, 3.63) is 59.7 Å². The van der Waals surface area contributed by atoms with Crippen LogP contribution in [0.15, 0.2) is 48.5 Å². The Kier molecular flexibility index (Phi) is 4.48. The molecule has 2 aromatic rings. The Morgan fingerprint density at radius 2 is 1.90 bits per heavy atom. The Bertz CT molecular complexity index is 640. The minimum absolute atomic E-state index is 0.195. The van der Waals surface area contributed by atoms with Gasteiger partial charge in [0, 0.05) is 18.3 Å². The summed E-state index contributed by atoms with van der Waals surface area (Å²) in [6.45, 7) is 3.86. The van der Waals surface area contributed by atoms with Crippen LogP contribution in [0, 0.1) is 6.92 Å². The molecule has 2 N–H and O–H groups in total. The number of carbonyl (C=O) groups excluding carboxylic acids is 1. The van der Waals surface area contributed by atoms with Gasteiger partial charge in [-0.3, -0.25) is 0 Å². The van der Waals surface area contributed by atoms with Gasteiger partial charge in [0.1, 0.15) is 5.75 Å². The van der Waals surface area contributed by atoms with Gasteiger partial charge in [-0.15, -0.1) is 0 Å². The monoisotopic (exact) mass is 284 g/mol. The molecule has 0 radical (unpaired) electrons. The first-order chi connectivity index (χ1) is 9.99. The number of phenolic OH excluding ortho intramolecular Hbond substituents is 1. The Hall–Kier alpha value is -2.49. The molecule has 4 nitrogen and oxygen atoms in total. The lowest BCUT2D eigenvalue weighted by molar-refractivity contribution is 0.207. The van der Waals surface area contributed by atoms with Crippen molar-refractivity contribution in [3.8, 4) is 5.75 Å². The van der Waals surface area contributed by atoms with Crippen LogP contribution in [0.25, 0.3) is 0 Å². The van der Waals surface area contributed by atoms with Crippen LogP contribution >= 0.6 is 0 Å². The molecule has 0 bridgehead atoms. The average molecular weight is 284 g/mol. The van der Waals surface area contributed by atoms with Gasteiger partial charge in [-0.1, -0.05) is 30.3 Å². The molecule has 1 unspecified atom stereocenters. The van der Waals surface area contributed by atoms with Gasteiger partial charge in [-0.05, 0) is 37.6 Å². The molecule has 0 heterocycles. The molecule has 0 aliphatic heterocycles. The maximum absolute atomic E-state index is 12.3. The number of aromatic hydroxyl groups is 1. The largest absolute Gasteiger partial charge is 0.508 e. The van der Waals surface area contributed by atoms with Gasteiger partial charge in [-0.2, -0.15) is 0 Å². The summed E-state index contributed by atoms with van der Waals surface area (Å²) in [4.78, 5) is 13.8. The third-order valence-corrected chi connectivity index (χ3v) is 3.56. The van der Waals surface area contributed by atoms with Crippen molar-refractivity contribution < 1.29 is 9.90 Å². The van der Waals surface area contributed by atoms with Crippen molar-refractivity contribution >= 4 is 11.7 Å². The SMILES string of the molecule is Cc1cccc(NC(=O)N(C)C(C)c2ccccc2O)c1. The number of hydrogen-bond donors (Lipinski definition) is 2. The molecule has 21 heavy (non-hydrogen) atoms. The van der Waals surface area contributed by atoms with Crippen LogP contribution in [0.5, 0.6) is 5.75 Å². The van der Waals surface area contributed by atoms with Crippen molar-refractivity contribution in [1.82, 2.24) is 4.90 Å². The Morgan fingerprint density at radius 1 is 1.19 bits per heavy atom. The lowest BCUT2D eigenvalue weighted by Crippen LogP contribution is -2.33. The molecular weight excluding hydrogens is 264 g/mol. The van der Waals surface area contributed by atoms with Gasteiger partial charge in [0.2, 0.25) is 0 Å². The zero-order chi connectivity index (χ0) is 15.4. The molecule has 0 saturated carbocycles. The fraction of sp³-hybridized carbons (Fsp3) is 0.235. The Morgan fingerprint density at radius 3 is 2.57 bits per heavy atom. The number of para-hydroxylation sites is 1. The van der Waals surface area contributed by atoms with Gasteiger partial charge in [0.05, 0.1) is 6.04 Å². The lowest BCUT2D eigenvalue weighted by atomic mass is 10.1. The van der Waals surface area contributed by atoms with E-state index in [1.165, 1.54) is 0 Å². The summed E-state index contributed by atoms with van der Waals surface area (Å²) < 4.78 is 0. The molecule has 0 aromatic heterocycles. The molecule has 0 aliphatic carbocycles. The summed E-state index contributed by atoms with van der Waals surface area (Å²) in [6.07, 6.45) is 0. The van der Waals surface area contributed by atoms with Crippen LogP contribution in [0.4, 0.5) is 10.5 Å². The Balaban J connectivity index is 2.10. The highest BCUT2D eigenvalue weighted by Gasteiger charge is 2.19. The summed E-state index contributed by atoms with van der Waals surface area (Å²) in [6, 6.07) is 14.2. The number of anilines is 1. The summed E-state index contributed by atoms with van der Waals surface area (Å²) in [7, 11) is 1.71. The topological polar surface area (TPSA) is 52.6 Å². The second-order valence-electron chi connectivity index (χ2n) is 5.15. The first-order valence-electron chi connectivity index (χ1n) is 6.87. The van der Waals surface area contributed by atoms with E-state index in [1.807, 2.05) is 50.2 Å². The van der Waals surface area contributed by atoms with Crippen molar-refractivity contribution in [2.75, 3.05) is 12.4 Å². The normalized spacial score (nSPS) is 11.8. The van der Waals surface area contributed by atoms with E-state index in [4.69, 9.17) is 0 Å². The number of carbonyl (C=O) groups is 1. The molecule has 0 aliphatic rings. The zero-order valence-electron chi connectivity index (χ0n) is 12.5. The number of hydrogen-bond acceptors (Lipinski definition) is 2. The third-order valence-electron chi connectivity index (χ3n) is 3.56. The lowest BCUT2D eigenvalue weighted by Gasteiger charge is -2.26. The number of nitrogens with one attached hydrogen (secondary N) is 1. The smallest absolute Gasteiger partial charge is 0.322 e. The van der Waals surface area contributed by atoms with Gasteiger partial charge in [0.25, 0.3) is 0 Å². The summed E-state index contributed by atoms with van der Waals surface area (Å²) >= 11 is 0. The van der Waals surface area contributed by atoms with Crippen LogP contribution in [-0.2, 0) is 0 Å². The molecule has 4 heteroatoms. The molecule has 2 rings (SSSR count).